The summed E-state index contributed by atoms with van der Waals surface area (Å²) in [5.41, 5.74) is 0.219. The van der Waals surface area contributed by atoms with Crippen molar-refractivity contribution in [1.82, 2.24) is 5.32 Å². The largest absolute Gasteiger partial charge is 0.448 e. The Morgan fingerprint density at radius 3 is 2.60 bits per heavy atom. The molecule has 2 aliphatic heterocycles. The second-order valence-corrected chi connectivity index (χ2v) is 10.8. The Morgan fingerprint density at radius 2 is 1.86 bits per heavy atom. The van der Waals surface area contributed by atoms with E-state index in [1.807, 2.05) is 49.4 Å². The normalized spacial score (nSPS) is 39.5. The molecule has 0 bridgehead atoms. The molecular formula is C29H39NO5. The molecule has 1 aromatic rings. The lowest BCUT2D eigenvalue weighted by atomic mass is 9.59. The number of hydrogen-bond donors (Lipinski definition) is 3. The topological polar surface area (TPSA) is 95.9 Å². The Balaban J connectivity index is 1.75. The van der Waals surface area contributed by atoms with E-state index in [1.165, 1.54) is 0 Å². The van der Waals surface area contributed by atoms with Gasteiger partial charge in [-0.2, -0.15) is 0 Å². The summed E-state index contributed by atoms with van der Waals surface area (Å²) in [6.45, 7) is 8.32. The van der Waals surface area contributed by atoms with Crippen molar-refractivity contribution in [3.8, 4) is 0 Å². The van der Waals surface area contributed by atoms with Gasteiger partial charge >= 0.3 is 5.97 Å². The van der Waals surface area contributed by atoms with Crippen molar-refractivity contribution in [2.75, 3.05) is 0 Å². The van der Waals surface area contributed by atoms with Gasteiger partial charge in [-0.05, 0) is 48.7 Å². The van der Waals surface area contributed by atoms with Gasteiger partial charge in [0.05, 0.1) is 18.1 Å². The van der Waals surface area contributed by atoms with Crippen molar-refractivity contribution in [2.45, 2.75) is 82.6 Å². The number of benzene rings is 1. The number of rotatable bonds is 2. The van der Waals surface area contributed by atoms with Gasteiger partial charge in [0.15, 0.2) is 0 Å². The number of hydrogen-bond acceptors (Lipinski definition) is 5. The van der Waals surface area contributed by atoms with Crippen LogP contribution < -0.4 is 5.32 Å². The molecule has 35 heavy (non-hydrogen) atoms. The number of aliphatic hydroxyl groups is 2. The van der Waals surface area contributed by atoms with E-state index in [2.05, 4.69) is 18.8 Å². The quantitative estimate of drug-likeness (QED) is 0.442. The van der Waals surface area contributed by atoms with E-state index in [0.29, 0.717) is 30.8 Å². The van der Waals surface area contributed by atoms with Crippen molar-refractivity contribution in [2.24, 2.45) is 23.7 Å². The Hall–Kier alpha value is -2.44. The number of allylic oxidation sites excluding steroid dienone is 1. The molecule has 1 spiro atoms. The average Bonchev–Trinajstić information content (AvgIpc) is 3.09. The standard InChI is InChI=1S/C29H39NO5/c1-18-9-7-13-22(31)15-16-25(32)35-29-23(14-8-10-18)27(33)20(3)19(2)26(29)24(30-28(29)34)17-21-11-5-4-6-12-21/h4-6,8,11-12,14,18-19,22-24,26-27,31,33H,3,7,9-10,13,15-17H2,1-2H3,(H,30,34)/b14-8+/t18-,19-,22+,23+,24+,26+,27-,29-/m1/s1. The molecule has 8 atom stereocenters. The number of carbonyl (C=O) groups is 2. The van der Waals surface area contributed by atoms with Crippen molar-refractivity contribution in [3.63, 3.8) is 0 Å². The molecule has 1 aromatic carbocycles. The molecule has 6 heteroatoms. The molecule has 1 aliphatic carbocycles. The van der Waals surface area contributed by atoms with Gasteiger partial charge in [-0.1, -0.05) is 75.8 Å². The minimum Gasteiger partial charge on any atom is -0.448 e. The summed E-state index contributed by atoms with van der Waals surface area (Å²) in [5.74, 6) is -1.80. The third-order valence-corrected chi connectivity index (χ3v) is 8.32. The van der Waals surface area contributed by atoms with E-state index < -0.39 is 29.7 Å². The van der Waals surface area contributed by atoms with E-state index >= 15 is 0 Å². The highest BCUT2D eigenvalue weighted by molar-refractivity contribution is 5.92. The van der Waals surface area contributed by atoms with Crippen LogP contribution in [0, 0.1) is 23.7 Å². The maximum Gasteiger partial charge on any atom is 0.306 e. The summed E-state index contributed by atoms with van der Waals surface area (Å²) in [4.78, 5) is 26.9. The fourth-order valence-corrected chi connectivity index (χ4v) is 6.30. The highest BCUT2D eigenvalue weighted by Crippen LogP contribution is 2.52. The van der Waals surface area contributed by atoms with Gasteiger partial charge in [-0.3, -0.25) is 9.59 Å². The molecule has 3 N–H and O–H groups in total. The zero-order valence-electron chi connectivity index (χ0n) is 20.9. The maximum atomic E-state index is 13.8. The number of ether oxygens (including phenoxy) is 1. The van der Waals surface area contributed by atoms with Crippen LogP contribution in [0.15, 0.2) is 54.6 Å². The van der Waals surface area contributed by atoms with Crippen LogP contribution in [-0.4, -0.2) is 45.9 Å². The predicted octanol–water partition coefficient (Wildman–Crippen LogP) is 3.72. The minimum atomic E-state index is -1.52. The zero-order chi connectivity index (χ0) is 25.2. The van der Waals surface area contributed by atoms with E-state index in [-0.39, 0.29) is 30.2 Å². The fourth-order valence-electron chi connectivity index (χ4n) is 6.30. The molecule has 1 saturated carbocycles. The van der Waals surface area contributed by atoms with Crippen LogP contribution in [0.2, 0.25) is 0 Å². The maximum absolute atomic E-state index is 13.8. The SMILES string of the molecule is C=C1[C@@H](C)[C@H]2[C@H](Cc3ccccc3)NC(=O)[C@]23OC(=O)CC[C@@H](O)CCC[C@@H](C)C/C=C/[C@H]3[C@@H]1O. The van der Waals surface area contributed by atoms with Gasteiger partial charge in [0.25, 0.3) is 5.91 Å². The molecule has 0 radical (unpaired) electrons. The Labute approximate surface area is 208 Å². The molecule has 4 rings (SSSR count). The summed E-state index contributed by atoms with van der Waals surface area (Å²) in [7, 11) is 0. The molecule has 2 fully saturated rings. The van der Waals surface area contributed by atoms with Crippen LogP contribution in [0.3, 0.4) is 0 Å². The predicted molar refractivity (Wildman–Crippen MR) is 134 cm³/mol. The third kappa shape index (κ3) is 5.10. The van der Waals surface area contributed by atoms with Crippen LogP contribution in [0.4, 0.5) is 0 Å². The van der Waals surface area contributed by atoms with E-state index in [1.54, 1.807) is 0 Å². The van der Waals surface area contributed by atoms with Crippen molar-refractivity contribution >= 4 is 11.9 Å². The van der Waals surface area contributed by atoms with Gasteiger partial charge in [0, 0.05) is 18.4 Å². The summed E-state index contributed by atoms with van der Waals surface area (Å²) >= 11 is 0. The highest BCUT2D eigenvalue weighted by atomic mass is 16.6. The molecule has 1 amide bonds. The summed E-state index contributed by atoms with van der Waals surface area (Å²) in [6.07, 6.45) is 6.53. The minimum absolute atomic E-state index is 0.0314. The monoisotopic (exact) mass is 481 g/mol. The third-order valence-electron chi connectivity index (χ3n) is 8.32. The first-order valence-electron chi connectivity index (χ1n) is 13.0. The Bertz CT molecular complexity index is 959. The van der Waals surface area contributed by atoms with Gasteiger partial charge in [-0.25, -0.2) is 0 Å². The van der Waals surface area contributed by atoms with Gasteiger partial charge in [0.2, 0.25) is 5.60 Å². The molecular weight excluding hydrogens is 442 g/mol. The summed E-state index contributed by atoms with van der Waals surface area (Å²) in [6, 6.07) is 9.66. The number of carbonyl (C=O) groups excluding carboxylic acids is 2. The molecule has 6 nitrogen and oxygen atoms in total. The molecule has 2 heterocycles. The summed E-state index contributed by atoms with van der Waals surface area (Å²) in [5, 5.41) is 24.8. The number of amides is 1. The Kier molecular flexibility index (Phi) is 7.82. The number of aliphatic hydroxyl groups excluding tert-OH is 2. The fraction of sp³-hybridized carbons (Fsp3) is 0.586. The van der Waals surface area contributed by atoms with Crippen LogP contribution in [0.25, 0.3) is 0 Å². The lowest BCUT2D eigenvalue weighted by Gasteiger charge is -2.49. The van der Waals surface area contributed by atoms with Crippen molar-refractivity contribution < 1.29 is 24.5 Å². The smallest absolute Gasteiger partial charge is 0.306 e. The number of esters is 1. The van der Waals surface area contributed by atoms with Gasteiger partial charge in [-0.15, -0.1) is 0 Å². The molecule has 190 valence electrons. The zero-order valence-corrected chi connectivity index (χ0v) is 20.9. The average molecular weight is 482 g/mol. The van der Waals surface area contributed by atoms with Gasteiger partial charge < -0.3 is 20.3 Å². The molecule has 0 unspecified atom stereocenters. The van der Waals surface area contributed by atoms with E-state index in [4.69, 9.17) is 4.74 Å². The summed E-state index contributed by atoms with van der Waals surface area (Å²) < 4.78 is 6.14. The highest BCUT2D eigenvalue weighted by Gasteiger charge is 2.67. The van der Waals surface area contributed by atoms with Crippen LogP contribution in [-0.2, 0) is 20.7 Å². The first-order valence-corrected chi connectivity index (χ1v) is 13.0. The van der Waals surface area contributed by atoms with Crippen molar-refractivity contribution in [1.29, 1.82) is 0 Å². The molecule has 3 aliphatic rings. The first-order chi connectivity index (χ1) is 16.7. The lowest BCUT2D eigenvalue weighted by molar-refractivity contribution is -0.187. The second-order valence-electron chi connectivity index (χ2n) is 10.8. The lowest BCUT2D eigenvalue weighted by Crippen LogP contribution is -2.61. The molecule has 1 saturated heterocycles. The Morgan fingerprint density at radius 1 is 1.11 bits per heavy atom. The van der Waals surface area contributed by atoms with Crippen LogP contribution >= 0.6 is 0 Å². The van der Waals surface area contributed by atoms with E-state index in [9.17, 15) is 19.8 Å². The van der Waals surface area contributed by atoms with E-state index in [0.717, 1.165) is 24.8 Å². The van der Waals surface area contributed by atoms with Gasteiger partial charge in [0.1, 0.15) is 0 Å². The second kappa shape index (κ2) is 10.7. The molecule has 0 aromatic heterocycles. The van der Waals surface area contributed by atoms with Crippen molar-refractivity contribution in [3.05, 3.63) is 60.2 Å². The number of nitrogens with one attached hydrogen (secondary N) is 1. The van der Waals surface area contributed by atoms with Crippen LogP contribution in [0.5, 0.6) is 0 Å². The first kappa shape index (κ1) is 25.6. The van der Waals surface area contributed by atoms with Crippen LogP contribution in [0.1, 0.15) is 57.9 Å².